The monoisotopic (exact) mass is 387 g/mol. The molecule has 3 heterocycles. The summed E-state index contributed by atoms with van der Waals surface area (Å²) in [6.45, 7) is 9.76. The Bertz CT molecular complexity index is 761. The predicted molar refractivity (Wildman–Crippen MR) is 113 cm³/mol. The van der Waals surface area contributed by atoms with Gasteiger partial charge in [0.2, 0.25) is 0 Å². The van der Waals surface area contributed by atoms with Crippen molar-refractivity contribution in [1.29, 1.82) is 0 Å². The van der Waals surface area contributed by atoms with Crippen LogP contribution in [0.4, 0.5) is 5.82 Å². The first kappa shape index (κ1) is 19.6. The Kier molecular flexibility index (Phi) is 6.63. The van der Waals surface area contributed by atoms with Gasteiger partial charge in [-0.3, -0.25) is 4.99 Å². The molecule has 2 aromatic rings. The quantitative estimate of drug-likeness (QED) is 0.602. The lowest BCUT2D eigenvalue weighted by Crippen LogP contribution is -2.44. The lowest BCUT2D eigenvalue weighted by molar-refractivity contribution is 0.312. The first-order chi connectivity index (χ1) is 13.0. The largest absolute Gasteiger partial charge is 0.354 e. The van der Waals surface area contributed by atoms with Gasteiger partial charge in [-0.2, -0.15) is 0 Å². The van der Waals surface area contributed by atoms with Crippen LogP contribution in [0.15, 0.2) is 23.3 Å². The van der Waals surface area contributed by atoms with E-state index in [4.69, 9.17) is 0 Å². The van der Waals surface area contributed by atoms with Crippen molar-refractivity contribution in [3.05, 3.63) is 39.5 Å². The highest BCUT2D eigenvalue weighted by Crippen LogP contribution is 2.16. The third kappa shape index (κ3) is 5.40. The molecule has 27 heavy (non-hydrogen) atoms. The molecule has 0 aliphatic carbocycles. The average Bonchev–Trinajstić information content (AvgIpc) is 3.00. The van der Waals surface area contributed by atoms with E-state index >= 15 is 0 Å². The number of likely N-dealkylation sites (N-methyl/N-ethyl adjacent to an activating group) is 1. The van der Waals surface area contributed by atoms with Gasteiger partial charge in [0, 0.05) is 50.8 Å². The SMILES string of the molecule is CN=C(NCc1ccc(N2CCN(C)CC2)nc1)NCc1sc(C)nc1C. The van der Waals surface area contributed by atoms with Crippen LogP contribution in [0.1, 0.15) is 21.1 Å². The summed E-state index contributed by atoms with van der Waals surface area (Å²) in [6, 6.07) is 4.25. The molecule has 2 aromatic heterocycles. The molecule has 1 saturated heterocycles. The minimum absolute atomic E-state index is 0.691. The highest BCUT2D eigenvalue weighted by molar-refractivity contribution is 7.11. The van der Waals surface area contributed by atoms with E-state index < -0.39 is 0 Å². The fourth-order valence-electron chi connectivity index (χ4n) is 3.05. The number of anilines is 1. The van der Waals surface area contributed by atoms with E-state index in [-0.39, 0.29) is 0 Å². The molecule has 0 amide bonds. The van der Waals surface area contributed by atoms with Crippen LogP contribution < -0.4 is 15.5 Å². The standard InChI is InChI=1S/C19H29N7S/c1-14-17(27-15(2)24-14)13-23-19(20-3)22-12-16-5-6-18(21-11-16)26-9-7-25(4)8-10-26/h5-6,11H,7-10,12-13H2,1-4H3,(H2,20,22,23). The number of hydrogen-bond acceptors (Lipinski definition) is 6. The van der Waals surface area contributed by atoms with Crippen molar-refractivity contribution in [3.63, 3.8) is 0 Å². The summed E-state index contributed by atoms with van der Waals surface area (Å²) in [5.74, 6) is 1.84. The molecule has 0 spiro atoms. The fraction of sp³-hybridized carbons (Fsp3) is 0.526. The summed E-state index contributed by atoms with van der Waals surface area (Å²) in [7, 11) is 3.95. The van der Waals surface area contributed by atoms with Crippen LogP contribution in [0.25, 0.3) is 0 Å². The smallest absolute Gasteiger partial charge is 0.191 e. The Morgan fingerprint density at radius 1 is 1.15 bits per heavy atom. The first-order valence-electron chi connectivity index (χ1n) is 9.31. The summed E-state index contributed by atoms with van der Waals surface area (Å²) in [6.07, 6.45) is 1.95. The molecule has 0 aromatic carbocycles. The Morgan fingerprint density at radius 3 is 2.48 bits per heavy atom. The van der Waals surface area contributed by atoms with Crippen molar-refractivity contribution in [2.75, 3.05) is 45.2 Å². The van der Waals surface area contributed by atoms with Gasteiger partial charge in [-0.25, -0.2) is 9.97 Å². The predicted octanol–water partition coefficient (Wildman–Crippen LogP) is 1.77. The number of rotatable bonds is 5. The Balaban J connectivity index is 1.48. The number of nitrogens with one attached hydrogen (secondary N) is 2. The Hall–Kier alpha value is -2.19. The van der Waals surface area contributed by atoms with E-state index in [9.17, 15) is 0 Å². The summed E-state index contributed by atoms with van der Waals surface area (Å²) < 4.78 is 0. The maximum Gasteiger partial charge on any atom is 0.191 e. The van der Waals surface area contributed by atoms with Crippen LogP contribution in [0.5, 0.6) is 0 Å². The molecule has 8 heteroatoms. The molecule has 1 fully saturated rings. The molecular formula is C19H29N7S. The van der Waals surface area contributed by atoms with Crippen molar-refractivity contribution in [1.82, 2.24) is 25.5 Å². The first-order valence-corrected chi connectivity index (χ1v) is 10.1. The van der Waals surface area contributed by atoms with Crippen LogP contribution in [-0.4, -0.2) is 61.1 Å². The Labute approximate surface area is 165 Å². The molecule has 1 aliphatic heterocycles. The maximum atomic E-state index is 4.64. The van der Waals surface area contributed by atoms with E-state index in [1.807, 2.05) is 20.0 Å². The fourth-order valence-corrected chi connectivity index (χ4v) is 3.93. The number of piperazine rings is 1. The molecule has 0 saturated carbocycles. The molecule has 0 bridgehead atoms. The van der Waals surface area contributed by atoms with Gasteiger partial charge in [-0.15, -0.1) is 11.3 Å². The van der Waals surface area contributed by atoms with Gasteiger partial charge in [0.15, 0.2) is 5.96 Å². The number of aromatic nitrogens is 2. The zero-order valence-corrected chi connectivity index (χ0v) is 17.4. The summed E-state index contributed by atoms with van der Waals surface area (Å²) in [4.78, 5) is 19.3. The van der Waals surface area contributed by atoms with E-state index in [1.165, 1.54) is 4.88 Å². The van der Waals surface area contributed by atoms with Gasteiger partial charge in [0.25, 0.3) is 0 Å². The van der Waals surface area contributed by atoms with Gasteiger partial charge < -0.3 is 20.4 Å². The molecule has 146 valence electrons. The van der Waals surface area contributed by atoms with Crippen LogP contribution in [0, 0.1) is 13.8 Å². The molecule has 0 radical (unpaired) electrons. The summed E-state index contributed by atoms with van der Waals surface area (Å²) >= 11 is 1.72. The third-order valence-electron chi connectivity index (χ3n) is 4.74. The number of nitrogens with zero attached hydrogens (tertiary/aromatic N) is 5. The minimum atomic E-state index is 0.691. The number of guanidine groups is 1. The topological polar surface area (TPSA) is 68.7 Å². The lowest BCUT2D eigenvalue weighted by Gasteiger charge is -2.33. The molecular weight excluding hydrogens is 358 g/mol. The highest BCUT2D eigenvalue weighted by Gasteiger charge is 2.15. The second-order valence-electron chi connectivity index (χ2n) is 6.84. The number of hydrogen-bond donors (Lipinski definition) is 2. The van der Waals surface area contributed by atoms with Crippen molar-refractivity contribution in [2.45, 2.75) is 26.9 Å². The molecule has 0 unspecified atom stereocenters. The normalized spacial score (nSPS) is 15.9. The van der Waals surface area contributed by atoms with Crippen molar-refractivity contribution >= 4 is 23.1 Å². The number of thiazole rings is 1. The lowest BCUT2D eigenvalue weighted by atomic mass is 10.2. The molecule has 1 aliphatic rings. The number of aryl methyl sites for hydroxylation is 2. The van der Waals surface area contributed by atoms with Crippen LogP contribution in [0.2, 0.25) is 0 Å². The van der Waals surface area contributed by atoms with Gasteiger partial charge >= 0.3 is 0 Å². The minimum Gasteiger partial charge on any atom is -0.354 e. The molecule has 2 N–H and O–H groups in total. The van der Waals surface area contributed by atoms with E-state index in [0.29, 0.717) is 6.54 Å². The second kappa shape index (κ2) is 9.14. The van der Waals surface area contributed by atoms with Crippen LogP contribution in [-0.2, 0) is 13.1 Å². The third-order valence-corrected chi connectivity index (χ3v) is 5.81. The Morgan fingerprint density at radius 2 is 1.89 bits per heavy atom. The molecule has 7 nitrogen and oxygen atoms in total. The van der Waals surface area contributed by atoms with Crippen molar-refractivity contribution in [3.8, 4) is 0 Å². The van der Waals surface area contributed by atoms with E-state index in [1.54, 1.807) is 18.4 Å². The molecule has 0 atom stereocenters. The zero-order chi connectivity index (χ0) is 19.2. The maximum absolute atomic E-state index is 4.64. The summed E-state index contributed by atoms with van der Waals surface area (Å²) in [5.41, 5.74) is 2.23. The van der Waals surface area contributed by atoms with Crippen LogP contribution >= 0.6 is 11.3 Å². The van der Waals surface area contributed by atoms with E-state index in [2.05, 4.69) is 54.6 Å². The molecule has 3 rings (SSSR count). The number of pyridine rings is 1. The van der Waals surface area contributed by atoms with Crippen molar-refractivity contribution in [2.24, 2.45) is 4.99 Å². The number of aliphatic imine (C=N–C) groups is 1. The zero-order valence-electron chi connectivity index (χ0n) is 16.6. The van der Waals surface area contributed by atoms with Crippen LogP contribution in [0.3, 0.4) is 0 Å². The summed E-state index contributed by atoms with van der Waals surface area (Å²) in [5, 5.41) is 7.80. The second-order valence-corrected chi connectivity index (χ2v) is 8.12. The highest BCUT2D eigenvalue weighted by atomic mass is 32.1. The van der Waals surface area contributed by atoms with Gasteiger partial charge in [0.05, 0.1) is 17.2 Å². The van der Waals surface area contributed by atoms with Gasteiger partial charge in [0.1, 0.15) is 5.82 Å². The van der Waals surface area contributed by atoms with Gasteiger partial charge in [-0.05, 0) is 32.5 Å². The van der Waals surface area contributed by atoms with Crippen molar-refractivity contribution < 1.29 is 0 Å². The average molecular weight is 388 g/mol. The van der Waals surface area contributed by atoms with E-state index in [0.717, 1.165) is 60.8 Å². The van der Waals surface area contributed by atoms with Gasteiger partial charge in [-0.1, -0.05) is 6.07 Å².